The molecule has 0 N–H and O–H groups in total. The van der Waals surface area contributed by atoms with E-state index in [0.717, 1.165) is 16.9 Å². The summed E-state index contributed by atoms with van der Waals surface area (Å²) in [6.45, 7) is 2.12. The van der Waals surface area contributed by atoms with Gasteiger partial charge in [-0.25, -0.2) is 4.57 Å². The van der Waals surface area contributed by atoms with Crippen molar-refractivity contribution in [2.75, 3.05) is 7.11 Å². The maximum Gasteiger partial charge on any atom is 0.213 e. The lowest BCUT2D eigenvalue weighted by atomic mass is 10.1. The van der Waals surface area contributed by atoms with Crippen molar-refractivity contribution >= 4 is 0 Å². The van der Waals surface area contributed by atoms with Crippen LogP contribution in [0.25, 0.3) is 16.8 Å². The molecular weight excluding hydrogens is 272 g/mol. The normalized spacial score (nSPS) is 10.5. The Balaban J connectivity index is 2.00. The van der Waals surface area contributed by atoms with Crippen LogP contribution < -0.4 is 13.9 Å². The Morgan fingerprint density at radius 2 is 1.64 bits per heavy atom. The van der Waals surface area contributed by atoms with E-state index < -0.39 is 0 Å². The minimum atomic E-state index is 0.874. The van der Waals surface area contributed by atoms with Gasteiger partial charge in [0, 0.05) is 35.4 Å². The van der Waals surface area contributed by atoms with Gasteiger partial charge >= 0.3 is 0 Å². The zero-order valence-electron chi connectivity index (χ0n) is 13.2. The second-order valence-corrected chi connectivity index (χ2v) is 5.37. The number of hydrogen-bond donors (Lipinski definition) is 0. The first-order chi connectivity index (χ1) is 10.7. The monoisotopic (exact) mass is 292 g/mol. The molecule has 3 heteroatoms. The lowest BCUT2D eigenvalue weighted by Gasteiger charge is -2.06. The highest BCUT2D eigenvalue weighted by Gasteiger charge is 2.13. The lowest BCUT2D eigenvalue weighted by Crippen LogP contribution is -2.30. The summed E-state index contributed by atoms with van der Waals surface area (Å²) in [7, 11) is 3.69. The number of hydrogen-bond acceptors (Lipinski definition) is 1. The van der Waals surface area contributed by atoms with E-state index in [2.05, 4.69) is 66.3 Å². The molecule has 0 amide bonds. The van der Waals surface area contributed by atoms with E-state index in [9.17, 15) is 0 Å². The minimum Gasteiger partial charge on any atom is -0.490 e. The minimum absolute atomic E-state index is 0.874. The van der Waals surface area contributed by atoms with Gasteiger partial charge in [-0.2, -0.15) is 4.57 Å². The lowest BCUT2D eigenvalue weighted by molar-refractivity contribution is -0.671. The van der Waals surface area contributed by atoms with Crippen LogP contribution in [0.3, 0.4) is 0 Å². The van der Waals surface area contributed by atoms with Crippen LogP contribution in [0.15, 0.2) is 67.3 Å². The number of nitrogens with zero attached hydrogens (tertiary/aromatic N) is 2. The third kappa shape index (κ3) is 2.70. The first-order valence-corrected chi connectivity index (χ1v) is 7.30. The predicted octanol–water partition coefficient (Wildman–Crippen LogP) is 2.77. The van der Waals surface area contributed by atoms with Crippen LogP contribution in [-0.4, -0.2) is 7.11 Å². The number of pyridine rings is 2. The molecule has 0 saturated heterocycles. The first kappa shape index (κ1) is 14.3. The summed E-state index contributed by atoms with van der Waals surface area (Å²) >= 11 is 0. The van der Waals surface area contributed by atoms with E-state index in [1.54, 1.807) is 7.11 Å². The number of aromatic nitrogens is 2. The van der Waals surface area contributed by atoms with Crippen LogP contribution in [0.2, 0.25) is 0 Å². The molecule has 0 aliphatic heterocycles. The molecule has 0 bridgehead atoms. The van der Waals surface area contributed by atoms with Crippen LogP contribution >= 0.6 is 0 Å². The molecule has 0 fully saturated rings. The second kappa shape index (κ2) is 5.98. The average Bonchev–Trinajstić information content (AvgIpc) is 2.55. The molecule has 0 unspecified atom stereocenters. The second-order valence-electron chi connectivity index (χ2n) is 5.37. The number of benzene rings is 1. The maximum atomic E-state index is 5.49. The Morgan fingerprint density at radius 1 is 0.909 bits per heavy atom. The quantitative estimate of drug-likeness (QED) is 0.678. The van der Waals surface area contributed by atoms with Crippen LogP contribution in [0, 0.1) is 6.92 Å². The number of methoxy groups -OCH3 is 1. The summed E-state index contributed by atoms with van der Waals surface area (Å²) in [5, 5.41) is 0. The molecule has 0 spiro atoms. The number of rotatable bonds is 3. The summed E-state index contributed by atoms with van der Waals surface area (Å²) in [6.07, 6.45) is 8.19. The van der Waals surface area contributed by atoms with Gasteiger partial charge in [0.25, 0.3) is 0 Å². The van der Waals surface area contributed by atoms with Gasteiger partial charge in [-0.05, 0) is 12.5 Å². The van der Waals surface area contributed by atoms with Gasteiger partial charge in [-0.3, -0.25) is 0 Å². The van der Waals surface area contributed by atoms with Gasteiger partial charge in [0.15, 0.2) is 24.3 Å². The summed E-state index contributed by atoms with van der Waals surface area (Å²) < 4.78 is 9.61. The molecule has 3 rings (SSSR count). The van der Waals surface area contributed by atoms with Crippen molar-refractivity contribution in [1.29, 1.82) is 0 Å². The smallest absolute Gasteiger partial charge is 0.213 e. The van der Waals surface area contributed by atoms with Crippen LogP contribution in [0.4, 0.5) is 0 Å². The maximum absolute atomic E-state index is 5.49. The molecule has 0 atom stereocenters. The van der Waals surface area contributed by atoms with Crippen molar-refractivity contribution in [2.24, 2.45) is 7.05 Å². The molecule has 0 aliphatic carbocycles. The number of para-hydroxylation sites is 1. The summed E-state index contributed by atoms with van der Waals surface area (Å²) in [5.41, 5.74) is 4.69. The molecule has 0 radical (unpaired) electrons. The third-order valence-electron chi connectivity index (χ3n) is 3.82. The largest absolute Gasteiger partial charge is 0.490 e. The molecule has 3 nitrogen and oxygen atoms in total. The zero-order chi connectivity index (χ0) is 15.5. The zero-order valence-corrected chi connectivity index (χ0v) is 13.2. The van der Waals surface area contributed by atoms with Gasteiger partial charge in [-0.15, -0.1) is 0 Å². The van der Waals surface area contributed by atoms with Crippen molar-refractivity contribution in [3.8, 4) is 22.6 Å². The highest BCUT2D eigenvalue weighted by atomic mass is 16.5. The summed E-state index contributed by atoms with van der Waals surface area (Å²) in [6, 6.07) is 14.7. The number of aryl methyl sites for hydroxylation is 2. The van der Waals surface area contributed by atoms with Gasteiger partial charge in [0.2, 0.25) is 11.9 Å². The van der Waals surface area contributed by atoms with E-state index in [1.807, 2.05) is 24.0 Å². The highest BCUT2D eigenvalue weighted by molar-refractivity contribution is 5.68. The van der Waals surface area contributed by atoms with Crippen molar-refractivity contribution in [2.45, 2.75) is 6.92 Å². The first-order valence-electron chi connectivity index (χ1n) is 7.30. The number of ether oxygens (including phenoxy) is 1. The molecule has 1 aromatic carbocycles. The fraction of sp³-hybridized carbons (Fsp3) is 0.158. The van der Waals surface area contributed by atoms with Crippen molar-refractivity contribution in [1.82, 2.24) is 0 Å². The Kier molecular flexibility index (Phi) is 3.88. The predicted molar refractivity (Wildman–Crippen MR) is 85.9 cm³/mol. The van der Waals surface area contributed by atoms with E-state index >= 15 is 0 Å². The van der Waals surface area contributed by atoms with Crippen LogP contribution in [-0.2, 0) is 7.05 Å². The van der Waals surface area contributed by atoms with Crippen molar-refractivity contribution in [3.05, 3.63) is 72.8 Å². The van der Waals surface area contributed by atoms with E-state index in [4.69, 9.17) is 4.74 Å². The van der Waals surface area contributed by atoms with E-state index in [0.29, 0.717) is 0 Å². The van der Waals surface area contributed by atoms with Gasteiger partial charge in [0.05, 0.1) is 7.11 Å². The Labute approximate surface area is 131 Å². The SMILES string of the molecule is COc1c[n+](C)ccc1-c1cc[n+](-c2ccccc2C)cc1. The highest BCUT2D eigenvalue weighted by Crippen LogP contribution is 2.27. The van der Waals surface area contributed by atoms with Crippen molar-refractivity contribution in [3.63, 3.8) is 0 Å². The van der Waals surface area contributed by atoms with E-state index in [-0.39, 0.29) is 0 Å². The molecule has 0 saturated carbocycles. The standard InChI is InChI=1S/C19H20N2O/c1-15-6-4-5-7-18(15)21-12-8-16(9-13-21)17-10-11-20(2)14-19(17)22-3/h4-14H,1-3H3/q+2. The fourth-order valence-corrected chi connectivity index (χ4v) is 2.59. The van der Waals surface area contributed by atoms with Gasteiger partial charge < -0.3 is 4.74 Å². The topological polar surface area (TPSA) is 17.0 Å². The van der Waals surface area contributed by atoms with E-state index in [1.165, 1.54) is 11.3 Å². The molecule has 110 valence electrons. The molecule has 3 aromatic rings. The third-order valence-corrected chi connectivity index (χ3v) is 3.82. The Morgan fingerprint density at radius 3 is 2.32 bits per heavy atom. The van der Waals surface area contributed by atoms with Gasteiger partial charge in [0.1, 0.15) is 7.05 Å². The van der Waals surface area contributed by atoms with Crippen molar-refractivity contribution < 1.29 is 13.9 Å². The molecule has 0 aliphatic rings. The Hall–Kier alpha value is -2.68. The molecule has 2 heterocycles. The van der Waals surface area contributed by atoms with Crippen LogP contribution in [0.5, 0.6) is 5.75 Å². The summed E-state index contributed by atoms with van der Waals surface area (Å²) in [5.74, 6) is 0.874. The molecule has 2 aromatic heterocycles. The summed E-state index contributed by atoms with van der Waals surface area (Å²) in [4.78, 5) is 0. The molecule has 22 heavy (non-hydrogen) atoms. The molecular formula is C19H20N2O+2. The fourth-order valence-electron chi connectivity index (χ4n) is 2.59. The average molecular weight is 292 g/mol. The Bertz CT molecular complexity index is 795. The van der Waals surface area contributed by atoms with Gasteiger partial charge in [-0.1, -0.05) is 18.2 Å². The van der Waals surface area contributed by atoms with Crippen LogP contribution in [0.1, 0.15) is 5.56 Å².